The molecule has 2 aromatic carbocycles. The molecule has 1 heterocycles. The third kappa shape index (κ3) is 2.45. The summed E-state index contributed by atoms with van der Waals surface area (Å²) in [5, 5.41) is 0.768. The summed E-state index contributed by atoms with van der Waals surface area (Å²) in [6.45, 7) is 0. The van der Waals surface area contributed by atoms with Crippen molar-refractivity contribution < 1.29 is 9.15 Å². The monoisotopic (exact) mass is 364 g/mol. The zero-order valence-corrected chi connectivity index (χ0v) is 13.4. The van der Waals surface area contributed by atoms with Crippen molar-refractivity contribution in [3.63, 3.8) is 0 Å². The molecule has 21 heavy (non-hydrogen) atoms. The van der Waals surface area contributed by atoms with Gasteiger partial charge < -0.3 is 9.15 Å². The number of methoxy groups -OCH3 is 1. The van der Waals surface area contributed by atoms with Crippen LogP contribution in [-0.2, 0) is 0 Å². The van der Waals surface area contributed by atoms with E-state index >= 15 is 0 Å². The van der Waals surface area contributed by atoms with Crippen molar-refractivity contribution in [3.8, 4) is 17.1 Å². The molecule has 0 radical (unpaired) electrons. The van der Waals surface area contributed by atoms with Gasteiger partial charge in [0.15, 0.2) is 16.8 Å². The first-order valence-corrected chi connectivity index (χ1v) is 7.34. The number of benzene rings is 2. The van der Waals surface area contributed by atoms with E-state index in [0.717, 1.165) is 5.56 Å². The van der Waals surface area contributed by atoms with E-state index < -0.39 is 0 Å². The van der Waals surface area contributed by atoms with E-state index in [2.05, 4.69) is 15.9 Å². The normalized spacial score (nSPS) is 10.8. The van der Waals surface area contributed by atoms with Gasteiger partial charge in [-0.05, 0) is 22.0 Å². The van der Waals surface area contributed by atoms with Crippen LogP contribution in [0.2, 0.25) is 5.02 Å². The lowest BCUT2D eigenvalue weighted by Crippen LogP contribution is -2.01. The molecule has 0 saturated carbocycles. The quantitative estimate of drug-likeness (QED) is 0.649. The van der Waals surface area contributed by atoms with Crippen molar-refractivity contribution >= 4 is 38.5 Å². The molecule has 3 nitrogen and oxygen atoms in total. The van der Waals surface area contributed by atoms with E-state index in [1.54, 1.807) is 6.07 Å². The molecule has 0 spiro atoms. The fourth-order valence-corrected chi connectivity index (χ4v) is 3.20. The van der Waals surface area contributed by atoms with Crippen molar-refractivity contribution in [3.05, 3.63) is 62.2 Å². The summed E-state index contributed by atoms with van der Waals surface area (Å²) in [5.74, 6) is 0.940. The van der Waals surface area contributed by atoms with Crippen LogP contribution in [0.25, 0.3) is 22.3 Å². The number of hydrogen-bond donors (Lipinski definition) is 0. The number of halogens is 2. The van der Waals surface area contributed by atoms with Gasteiger partial charge in [-0.1, -0.05) is 41.9 Å². The van der Waals surface area contributed by atoms with E-state index in [1.807, 2.05) is 30.3 Å². The lowest BCUT2D eigenvalue weighted by Gasteiger charge is -2.09. The van der Waals surface area contributed by atoms with E-state index in [9.17, 15) is 4.79 Å². The minimum Gasteiger partial charge on any atom is -0.494 e. The Hall–Kier alpha value is -1.78. The largest absolute Gasteiger partial charge is 0.494 e. The van der Waals surface area contributed by atoms with E-state index in [0.29, 0.717) is 32.0 Å². The molecule has 0 aliphatic rings. The molecular weight excluding hydrogens is 356 g/mol. The molecule has 106 valence electrons. The van der Waals surface area contributed by atoms with Gasteiger partial charge in [0.25, 0.3) is 0 Å². The first-order chi connectivity index (χ1) is 10.1. The highest BCUT2D eigenvalue weighted by Crippen LogP contribution is 2.39. The third-order valence-corrected chi connectivity index (χ3v) is 4.13. The van der Waals surface area contributed by atoms with Gasteiger partial charge in [-0.2, -0.15) is 0 Å². The molecule has 0 atom stereocenters. The van der Waals surface area contributed by atoms with Crippen LogP contribution >= 0.6 is 27.5 Å². The van der Waals surface area contributed by atoms with Crippen LogP contribution in [0.1, 0.15) is 0 Å². The zero-order valence-electron chi connectivity index (χ0n) is 11.0. The van der Waals surface area contributed by atoms with E-state index in [-0.39, 0.29) is 5.43 Å². The second-order valence-corrected chi connectivity index (χ2v) is 5.62. The van der Waals surface area contributed by atoms with Gasteiger partial charge in [-0.15, -0.1) is 0 Å². The minimum absolute atomic E-state index is 0.152. The summed E-state index contributed by atoms with van der Waals surface area (Å²) in [5.41, 5.74) is 1.10. The Morgan fingerprint density at radius 1 is 1.19 bits per heavy atom. The second-order valence-electron chi connectivity index (χ2n) is 4.42. The zero-order chi connectivity index (χ0) is 15.0. The Kier molecular flexibility index (Phi) is 3.74. The highest BCUT2D eigenvalue weighted by Gasteiger charge is 2.16. The smallest absolute Gasteiger partial charge is 0.193 e. The Bertz CT molecular complexity index is 872. The molecule has 0 amide bonds. The van der Waals surface area contributed by atoms with Crippen LogP contribution in [0.15, 0.2) is 56.1 Å². The van der Waals surface area contributed by atoms with Crippen LogP contribution in [0.4, 0.5) is 0 Å². The molecule has 0 bridgehead atoms. The van der Waals surface area contributed by atoms with Crippen LogP contribution in [0, 0.1) is 0 Å². The number of ether oxygens (including phenoxy) is 1. The van der Waals surface area contributed by atoms with Crippen LogP contribution < -0.4 is 10.2 Å². The standard InChI is InChI=1S/C16H10BrClO3/c1-20-16-11(18)7-10-12(19)8-13(21-15(10)14(16)17)9-5-3-2-4-6-9/h2-8H,1H3. The first kappa shape index (κ1) is 14.2. The minimum atomic E-state index is -0.152. The summed E-state index contributed by atoms with van der Waals surface area (Å²) < 4.78 is 11.6. The molecule has 1 aromatic heterocycles. The summed E-state index contributed by atoms with van der Waals surface area (Å²) in [4.78, 5) is 12.3. The summed E-state index contributed by atoms with van der Waals surface area (Å²) in [6, 6.07) is 12.5. The van der Waals surface area contributed by atoms with Crippen molar-refractivity contribution in [2.45, 2.75) is 0 Å². The average Bonchev–Trinajstić information content (AvgIpc) is 2.49. The summed E-state index contributed by atoms with van der Waals surface area (Å²) >= 11 is 9.49. The van der Waals surface area contributed by atoms with E-state index in [4.69, 9.17) is 20.8 Å². The molecule has 3 rings (SSSR count). The molecule has 0 fully saturated rings. The fourth-order valence-electron chi connectivity index (χ4n) is 2.13. The molecule has 0 unspecified atom stereocenters. The van der Waals surface area contributed by atoms with Gasteiger partial charge in [0, 0.05) is 11.6 Å². The van der Waals surface area contributed by atoms with Gasteiger partial charge >= 0.3 is 0 Å². The molecule has 0 N–H and O–H groups in total. The number of fused-ring (bicyclic) bond motifs is 1. The van der Waals surface area contributed by atoms with Crippen molar-refractivity contribution in [2.75, 3.05) is 7.11 Å². The molecule has 5 heteroatoms. The topological polar surface area (TPSA) is 39.4 Å². The lowest BCUT2D eigenvalue weighted by molar-refractivity contribution is 0.412. The Morgan fingerprint density at radius 3 is 2.57 bits per heavy atom. The van der Waals surface area contributed by atoms with Crippen LogP contribution in [0.5, 0.6) is 5.75 Å². The highest BCUT2D eigenvalue weighted by molar-refractivity contribution is 9.10. The predicted octanol–water partition coefficient (Wildman–Crippen LogP) is 4.88. The molecule has 0 aliphatic carbocycles. The first-order valence-electron chi connectivity index (χ1n) is 6.17. The number of rotatable bonds is 2. The predicted molar refractivity (Wildman–Crippen MR) is 87.2 cm³/mol. The van der Waals surface area contributed by atoms with E-state index in [1.165, 1.54) is 13.2 Å². The van der Waals surface area contributed by atoms with Crippen molar-refractivity contribution in [1.82, 2.24) is 0 Å². The molecule has 0 saturated heterocycles. The SMILES string of the molecule is COc1c(Cl)cc2c(=O)cc(-c3ccccc3)oc2c1Br. The molecular formula is C16H10BrClO3. The fraction of sp³-hybridized carbons (Fsp3) is 0.0625. The van der Waals surface area contributed by atoms with Crippen LogP contribution in [0.3, 0.4) is 0 Å². The van der Waals surface area contributed by atoms with Gasteiger partial charge in [-0.3, -0.25) is 4.79 Å². The van der Waals surface area contributed by atoms with Crippen molar-refractivity contribution in [1.29, 1.82) is 0 Å². The lowest BCUT2D eigenvalue weighted by atomic mass is 10.1. The Balaban J connectivity index is 2.36. The molecule has 0 aliphatic heterocycles. The summed E-state index contributed by atoms with van der Waals surface area (Å²) in [6.07, 6.45) is 0. The Labute approximate surface area is 134 Å². The van der Waals surface area contributed by atoms with Gasteiger partial charge in [0.1, 0.15) is 10.2 Å². The maximum Gasteiger partial charge on any atom is 0.193 e. The maximum atomic E-state index is 12.3. The highest BCUT2D eigenvalue weighted by atomic mass is 79.9. The molecule has 3 aromatic rings. The Morgan fingerprint density at radius 2 is 1.90 bits per heavy atom. The van der Waals surface area contributed by atoms with Crippen LogP contribution in [-0.4, -0.2) is 7.11 Å². The second kappa shape index (κ2) is 5.54. The van der Waals surface area contributed by atoms with Crippen molar-refractivity contribution in [2.24, 2.45) is 0 Å². The number of hydrogen-bond acceptors (Lipinski definition) is 3. The summed E-state index contributed by atoms with van der Waals surface area (Å²) in [7, 11) is 1.51. The van der Waals surface area contributed by atoms with Gasteiger partial charge in [0.2, 0.25) is 0 Å². The van der Waals surface area contributed by atoms with Gasteiger partial charge in [-0.25, -0.2) is 0 Å². The van der Waals surface area contributed by atoms with Gasteiger partial charge in [0.05, 0.1) is 17.5 Å². The average molecular weight is 366 g/mol. The maximum absolute atomic E-state index is 12.3. The third-order valence-electron chi connectivity index (χ3n) is 3.13.